The molecule has 0 aliphatic heterocycles. The first-order valence-corrected chi connectivity index (χ1v) is 7.01. The fraction of sp³-hybridized carbons (Fsp3) is 0.312. The largest absolute Gasteiger partial charge is 0.493 e. The zero-order valence-corrected chi connectivity index (χ0v) is 13.7. The SMILES string of the molecule is COc1cc(C)c(CN(C)C(=O)c2nccnc2N)cc1OC. The van der Waals surface area contributed by atoms with E-state index in [1.54, 1.807) is 21.3 Å². The second-order valence-corrected chi connectivity index (χ2v) is 5.09. The van der Waals surface area contributed by atoms with Gasteiger partial charge in [-0.25, -0.2) is 9.97 Å². The maximum atomic E-state index is 12.4. The first kappa shape index (κ1) is 16.5. The molecule has 2 N–H and O–H groups in total. The van der Waals surface area contributed by atoms with Crippen LogP contribution in [-0.2, 0) is 6.54 Å². The molecule has 23 heavy (non-hydrogen) atoms. The molecule has 0 radical (unpaired) electrons. The Balaban J connectivity index is 2.25. The van der Waals surface area contributed by atoms with Crippen molar-refractivity contribution in [3.05, 3.63) is 41.3 Å². The lowest BCUT2D eigenvalue weighted by Gasteiger charge is -2.20. The van der Waals surface area contributed by atoms with Gasteiger partial charge in [-0.2, -0.15) is 0 Å². The van der Waals surface area contributed by atoms with Gasteiger partial charge in [0.05, 0.1) is 14.2 Å². The Morgan fingerprint density at radius 1 is 1.17 bits per heavy atom. The Kier molecular flexibility index (Phi) is 5.00. The third-order valence-corrected chi connectivity index (χ3v) is 3.53. The third-order valence-electron chi connectivity index (χ3n) is 3.53. The van der Waals surface area contributed by atoms with Gasteiger partial charge in [-0.15, -0.1) is 0 Å². The molecule has 0 bridgehead atoms. The van der Waals surface area contributed by atoms with Crippen LogP contribution in [0.3, 0.4) is 0 Å². The van der Waals surface area contributed by atoms with Gasteiger partial charge in [-0.1, -0.05) is 0 Å². The molecule has 1 heterocycles. The number of anilines is 1. The van der Waals surface area contributed by atoms with Crippen LogP contribution in [0, 0.1) is 6.92 Å². The maximum Gasteiger partial charge on any atom is 0.276 e. The molecule has 0 spiro atoms. The van der Waals surface area contributed by atoms with Crippen molar-refractivity contribution in [1.29, 1.82) is 0 Å². The lowest BCUT2D eigenvalue weighted by molar-refractivity contribution is 0.0779. The molecule has 0 aliphatic rings. The Labute approximate surface area is 135 Å². The zero-order valence-electron chi connectivity index (χ0n) is 13.7. The number of benzene rings is 1. The Morgan fingerprint density at radius 3 is 2.39 bits per heavy atom. The molecule has 1 aromatic heterocycles. The van der Waals surface area contributed by atoms with E-state index in [2.05, 4.69) is 9.97 Å². The summed E-state index contributed by atoms with van der Waals surface area (Å²) in [4.78, 5) is 21.9. The van der Waals surface area contributed by atoms with E-state index >= 15 is 0 Å². The van der Waals surface area contributed by atoms with Gasteiger partial charge in [-0.3, -0.25) is 4.79 Å². The second-order valence-electron chi connectivity index (χ2n) is 5.09. The Bertz CT molecular complexity index is 718. The molecule has 7 nitrogen and oxygen atoms in total. The molecule has 0 atom stereocenters. The number of aryl methyl sites for hydroxylation is 1. The predicted octanol–water partition coefficient (Wildman–Crippen LogP) is 1.66. The zero-order chi connectivity index (χ0) is 17.0. The molecule has 0 unspecified atom stereocenters. The minimum atomic E-state index is -0.287. The summed E-state index contributed by atoms with van der Waals surface area (Å²) in [5.74, 6) is 1.10. The third kappa shape index (κ3) is 3.50. The van der Waals surface area contributed by atoms with Gasteiger partial charge in [0, 0.05) is 26.0 Å². The van der Waals surface area contributed by atoms with Crippen LogP contribution in [0.2, 0.25) is 0 Å². The number of rotatable bonds is 5. The quantitative estimate of drug-likeness (QED) is 0.902. The van der Waals surface area contributed by atoms with Gasteiger partial charge in [-0.05, 0) is 30.2 Å². The van der Waals surface area contributed by atoms with Crippen molar-refractivity contribution in [3.8, 4) is 11.5 Å². The van der Waals surface area contributed by atoms with Gasteiger partial charge < -0.3 is 20.1 Å². The van der Waals surface area contributed by atoms with E-state index in [-0.39, 0.29) is 17.4 Å². The fourth-order valence-corrected chi connectivity index (χ4v) is 2.21. The van der Waals surface area contributed by atoms with E-state index in [4.69, 9.17) is 15.2 Å². The highest BCUT2D eigenvalue weighted by Gasteiger charge is 2.18. The van der Waals surface area contributed by atoms with Gasteiger partial charge in [0.25, 0.3) is 5.91 Å². The molecule has 0 fully saturated rings. The molecule has 122 valence electrons. The van der Waals surface area contributed by atoms with Crippen LogP contribution in [0.1, 0.15) is 21.6 Å². The molecule has 1 amide bonds. The van der Waals surface area contributed by atoms with Gasteiger partial charge in [0.2, 0.25) is 0 Å². The summed E-state index contributed by atoms with van der Waals surface area (Å²) >= 11 is 0. The van der Waals surface area contributed by atoms with Crippen LogP contribution in [0.25, 0.3) is 0 Å². The van der Waals surface area contributed by atoms with E-state index in [0.717, 1.165) is 11.1 Å². The van der Waals surface area contributed by atoms with Crippen LogP contribution < -0.4 is 15.2 Å². The molecular weight excluding hydrogens is 296 g/mol. The minimum absolute atomic E-state index is 0.119. The number of ether oxygens (including phenoxy) is 2. The molecule has 0 aliphatic carbocycles. The molecule has 0 saturated heterocycles. The van der Waals surface area contributed by atoms with Crippen molar-refractivity contribution >= 4 is 11.7 Å². The fourth-order valence-electron chi connectivity index (χ4n) is 2.21. The highest BCUT2D eigenvalue weighted by Crippen LogP contribution is 2.30. The lowest BCUT2D eigenvalue weighted by Crippen LogP contribution is -2.28. The monoisotopic (exact) mass is 316 g/mol. The van der Waals surface area contributed by atoms with Crippen LogP contribution in [0.15, 0.2) is 24.5 Å². The van der Waals surface area contributed by atoms with Crippen LogP contribution in [0.4, 0.5) is 5.82 Å². The van der Waals surface area contributed by atoms with Crippen LogP contribution >= 0.6 is 0 Å². The van der Waals surface area contributed by atoms with Crippen LogP contribution in [-0.4, -0.2) is 42.0 Å². The Morgan fingerprint density at radius 2 is 1.78 bits per heavy atom. The number of nitrogens with two attached hydrogens (primary N) is 1. The van der Waals surface area contributed by atoms with Crippen molar-refractivity contribution in [1.82, 2.24) is 14.9 Å². The predicted molar refractivity (Wildman–Crippen MR) is 86.5 cm³/mol. The lowest BCUT2D eigenvalue weighted by atomic mass is 10.1. The van der Waals surface area contributed by atoms with E-state index in [1.807, 2.05) is 19.1 Å². The normalized spacial score (nSPS) is 10.3. The standard InChI is InChI=1S/C16H20N4O3/c1-10-7-12(22-3)13(23-4)8-11(10)9-20(2)16(21)14-15(17)19-6-5-18-14/h5-8H,9H2,1-4H3,(H2,17,19). The average molecular weight is 316 g/mol. The first-order chi connectivity index (χ1) is 11.0. The second kappa shape index (κ2) is 6.95. The van der Waals surface area contributed by atoms with Crippen molar-refractivity contribution in [3.63, 3.8) is 0 Å². The van der Waals surface area contributed by atoms with Crippen molar-refractivity contribution < 1.29 is 14.3 Å². The van der Waals surface area contributed by atoms with E-state index < -0.39 is 0 Å². The molecule has 0 saturated carbocycles. The Hall–Kier alpha value is -2.83. The van der Waals surface area contributed by atoms with E-state index in [9.17, 15) is 4.79 Å². The summed E-state index contributed by atoms with van der Waals surface area (Å²) in [6.07, 6.45) is 2.89. The summed E-state index contributed by atoms with van der Waals surface area (Å²) in [6.45, 7) is 2.34. The average Bonchev–Trinajstić information content (AvgIpc) is 2.55. The number of aromatic nitrogens is 2. The minimum Gasteiger partial charge on any atom is -0.493 e. The summed E-state index contributed by atoms with van der Waals surface area (Å²) in [5, 5.41) is 0. The summed E-state index contributed by atoms with van der Waals surface area (Å²) < 4.78 is 10.6. The summed E-state index contributed by atoms with van der Waals surface area (Å²) in [7, 11) is 4.85. The molecule has 1 aromatic carbocycles. The number of hydrogen-bond acceptors (Lipinski definition) is 6. The topological polar surface area (TPSA) is 90.6 Å². The molecule has 2 aromatic rings. The molecule has 2 rings (SSSR count). The summed E-state index contributed by atoms with van der Waals surface area (Å²) in [5.41, 5.74) is 7.80. The maximum absolute atomic E-state index is 12.4. The molecular formula is C16H20N4O3. The highest BCUT2D eigenvalue weighted by molar-refractivity contribution is 5.96. The number of carbonyl (C=O) groups excluding carboxylic acids is 1. The van der Waals surface area contributed by atoms with Crippen LogP contribution in [0.5, 0.6) is 11.5 Å². The number of nitrogens with zero attached hydrogens (tertiary/aromatic N) is 3. The number of methoxy groups -OCH3 is 2. The van der Waals surface area contributed by atoms with E-state index in [1.165, 1.54) is 17.3 Å². The van der Waals surface area contributed by atoms with E-state index in [0.29, 0.717) is 18.0 Å². The molecule has 7 heteroatoms. The number of amides is 1. The number of hydrogen-bond donors (Lipinski definition) is 1. The smallest absolute Gasteiger partial charge is 0.276 e. The van der Waals surface area contributed by atoms with Crippen molar-refractivity contribution in [2.45, 2.75) is 13.5 Å². The number of carbonyl (C=O) groups is 1. The number of nitrogen functional groups attached to an aromatic ring is 1. The first-order valence-electron chi connectivity index (χ1n) is 7.01. The van der Waals surface area contributed by atoms with Gasteiger partial charge in [0.1, 0.15) is 0 Å². The van der Waals surface area contributed by atoms with Crippen molar-refractivity contribution in [2.75, 3.05) is 27.0 Å². The highest BCUT2D eigenvalue weighted by atomic mass is 16.5. The van der Waals surface area contributed by atoms with Gasteiger partial charge >= 0.3 is 0 Å². The summed E-state index contributed by atoms with van der Waals surface area (Å²) in [6, 6.07) is 3.74. The van der Waals surface area contributed by atoms with Gasteiger partial charge in [0.15, 0.2) is 23.0 Å². The van der Waals surface area contributed by atoms with Crippen molar-refractivity contribution in [2.24, 2.45) is 0 Å².